The molecule has 2 rings (SSSR count). The van der Waals surface area contributed by atoms with Gasteiger partial charge in [-0.25, -0.2) is 0 Å². The highest BCUT2D eigenvalue weighted by molar-refractivity contribution is 9.10. The smallest absolute Gasteiger partial charge is 0.389 e. The molecule has 1 fully saturated rings. The Morgan fingerprint density at radius 2 is 1.85 bits per heavy atom. The molecule has 0 aliphatic heterocycles. The van der Waals surface area contributed by atoms with Gasteiger partial charge >= 0.3 is 6.18 Å². The summed E-state index contributed by atoms with van der Waals surface area (Å²) in [6.07, 6.45) is -3.04. The molecule has 1 aliphatic carbocycles. The molecule has 8 heteroatoms. The van der Waals surface area contributed by atoms with Gasteiger partial charge in [-0.3, -0.25) is 9.59 Å². The highest BCUT2D eigenvalue weighted by Crippen LogP contribution is 2.39. The SMILES string of the molecule is CN(C)CCNC=C1C(=O)CC(c2cc(C(F)(F)F)ccc2Br)CC1=O. The van der Waals surface area contributed by atoms with Crippen LogP contribution in [0.5, 0.6) is 0 Å². The molecule has 0 unspecified atom stereocenters. The van der Waals surface area contributed by atoms with Gasteiger partial charge in [0, 0.05) is 36.6 Å². The molecule has 0 aromatic heterocycles. The Morgan fingerprint density at radius 1 is 1.23 bits per heavy atom. The van der Waals surface area contributed by atoms with Crippen LogP contribution in [0.15, 0.2) is 34.4 Å². The molecule has 0 amide bonds. The normalized spacial score (nSPS) is 18.4. The molecule has 1 aromatic carbocycles. The molecular weight excluding hydrogens is 413 g/mol. The second-order valence-electron chi connectivity index (χ2n) is 6.50. The second-order valence-corrected chi connectivity index (χ2v) is 7.36. The summed E-state index contributed by atoms with van der Waals surface area (Å²) in [7, 11) is 3.81. The first-order chi connectivity index (χ1) is 12.1. The molecular formula is C18H20BrF3N2O2. The van der Waals surface area contributed by atoms with Gasteiger partial charge in [0.2, 0.25) is 0 Å². The number of alkyl halides is 3. The highest BCUT2D eigenvalue weighted by atomic mass is 79.9. The molecule has 0 spiro atoms. The number of nitrogens with one attached hydrogen (secondary N) is 1. The Kier molecular flexibility index (Phi) is 6.63. The van der Waals surface area contributed by atoms with Crippen LogP contribution in [0.3, 0.4) is 0 Å². The summed E-state index contributed by atoms with van der Waals surface area (Å²) in [6, 6.07) is 3.29. The highest BCUT2D eigenvalue weighted by Gasteiger charge is 2.35. The zero-order chi connectivity index (χ0) is 19.5. The van der Waals surface area contributed by atoms with E-state index in [-0.39, 0.29) is 30.0 Å². The van der Waals surface area contributed by atoms with E-state index in [0.29, 0.717) is 16.6 Å². The van der Waals surface area contributed by atoms with Gasteiger partial charge in [0.1, 0.15) is 0 Å². The zero-order valence-electron chi connectivity index (χ0n) is 14.5. The standard InChI is InChI=1S/C18H20BrF3N2O2/c1-24(2)6-5-23-10-14-16(25)7-11(8-17(14)26)13-9-12(18(20,21)22)3-4-15(13)19/h3-4,9-11,23H,5-8H2,1-2H3. The van der Waals surface area contributed by atoms with Crippen LogP contribution in [-0.2, 0) is 15.8 Å². The van der Waals surface area contributed by atoms with E-state index in [0.717, 1.165) is 18.7 Å². The first kappa shape index (κ1) is 20.6. The number of benzene rings is 1. The minimum atomic E-state index is -4.47. The van der Waals surface area contributed by atoms with Crippen molar-refractivity contribution < 1.29 is 22.8 Å². The lowest BCUT2D eigenvalue weighted by atomic mass is 9.80. The minimum Gasteiger partial charge on any atom is -0.389 e. The van der Waals surface area contributed by atoms with Crippen LogP contribution in [-0.4, -0.2) is 43.7 Å². The molecule has 0 saturated heterocycles. The number of carbonyl (C=O) groups is 2. The first-order valence-corrected chi connectivity index (χ1v) is 8.90. The summed E-state index contributed by atoms with van der Waals surface area (Å²) >= 11 is 3.23. The van der Waals surface area contributed by atoms with Crippen molar-refractivity contribution in [3.8, 4) is 0 Å². The Morgan fingerprint density at radius 3 is 2.38 bits per heavy atom. The lowest BCUT2D eigenvalue weighted by Gasteiger charge is -2.24. The fourth-order valence-corrected chi connectivity index (χ4v) is 3.34. The van der Waals surface area contributed by atoms with Gasteiger partial charge in [-0.05, 0) is 43.8 Å². The average molecular weight is 433 g/mol. The number of Topliss-reactive ketones (excluding diaryl/α,β-unsaturated/α-hetero) is 2. The number of halogens is 4. The molecule has 0 radical (unpaired) electrons. The van der Waals surface area contributed by atoms with Gasteiger partial charge < -0.3 is 10.2 Å². The van der Waals surface area contributed by atoms with Crippen molar-refractivity contribution in [2.45, 2.75) is 24.9 Å². The topological polar surface area (TPSA) is 49.4 Å². The van der Waals surface area contributed by atoms with Gasteiger partial charge in [-0.1, -0.05) is 15.9 Å². The number of allylic oxidation sites excluding steroid dienone is 1. The fraction of sp³-hybridized carbons (Fsp3) is 0.444. The van der Waals surface area contributed by atoms with Crippen molar-refractivity contribution in [2.24, 2.45) is 0 Å². The molecule has 26 heavy (non-hydrogen) atoms. The molecule has 1 saturated carbocycles. The Bertz CT molecular complexity index is 710. The van der Waals surface area contributed by atoms with Crippen molar-refractivity contribution >= 4 is 27.5 Å². The van der Waals surface area contributed by atoms with E-state index in [1.54, 1.807) is 0 Å². The molecule has 0 bridgehead atoms. The summed E-state index contributed by atoms with van der Waals surface area (Å²) in [4.78, 5) is 26.6. The maximum atomic E-state index is 12.9. The summed E-state index contributed by atoms with van der Waals surface area (Å²) in [5.74, 6) is -1.27. The number of nitrogens with zero attached hydrogens (tertiary/aromatic N) is 1. The number of carbonyl (C=O) groups excluding carboxylic acids is 2. The maximum absolute atomic E-state index is 12.9. The average Bonchev–Trinajstić information content (AvgIpc) is 2.52. The zero-order valence-corrected chi connectivity index (χ0v) is 16.1. The summed E-state index contributed by atoms with van der Waals surface area (Å²) in [5.41, 5.74) is -0.369. The number of likely N-dealkylation sites (N-methyl/N-ethyl adjacent to an activating group) is 1. The maximum Gasteiger partial charge on any atom is 0.416 e. The minimum absolute atomic E-state index is 0.00679. The lowest BCUT2D eigenvalue weighted by molar-refractivity contribution is -0.137. The molecule has 1 aliphatic rings. The van der Waals surface area contributed by atoms with Crippen LogP contribution < -0.4 is 5.32 Å². The summed E-state index contributed by atoms with van der Waals surface area (Å²) in [6.45, 7) is 1.33. The van der Waals surface area contributed by atoms with E-state index < -0.39 is 17.7 Å². The van der Waals surface area contributed by atoms with E-state index in [2.05, 4.69) is 21.2 Å². The third kappa shape index (κ3) is 5.17. The quantitative estimate of drug-likeness (QED) is 0.439. The van der Waals surface area contributed by atoms with Crippen LogP contribution in [0, 0.1) is 0 Å². The van der Waals surface area contributed by atoms with Crippen molar-refractivity contribution in [1.82, 2.24) is 10.2 Å². The van der Waals surface area contributed by atoms with Crippen molar-refractivity contribution in [3.05, 3.63) is 45.6 Å². The molecule has 1 aromatic rings. The van der Waals surface area contributed by atoms with Gasteiger partial charge in [-0.15, -0.1) is 0 Å². The lowest BCUT2D eigenvalue weighted by Crippen LogP contribution is -2.28. The second kappa shape index (κ2) is 8.35. The Balaban J connectivity index is 2.15. The molecule has 0 heterocycles. The predicted molar refractivity (Wildman–Crippen MR) is 95.8 cm³/mol. The monoisotopic (exact) mass is 432 g/mol. The molecule has 0 atom stereocenters. The van der Waals surface area contributed by atoms with Gasteiger partial charge in [0.05, 0.1) is 11.1 Å². The Hall–Kier alpha value is -1.67. The van der Waals surface area contributed by atoms with Crippen molar-refractivity contribution in [2.75, 3.05) is 27.2 Å². The predicted octanol–water partition coefficient (Wildman–Crippen LogP) is 3.52. The van der Waals surface area contributed by atoms with Crippen LogP contribution in [0.2, 0.25) is 0 Å². The van der Waals surface area contributed by atoms with E-state index in [4.69, 9.17) is 0 Å². The van der Waals surface area contributed by atoms with E-state index >= 15 is 0 Å². The van der Waals surface area contributed by atoms with E-state index in [1.165, 1.54) is 12.3 Å². The first-order valence-electron chi connectivity index (χ1n) is 8.11. The third-order valence-electron chi connectivity index (χ3n) is 4.18. The number of rotatable bonds is 5. The summed E-state index contributed by atoms with van der Waals surface area (Å²) < 4.78 is 39.3. The largest absolute Gasteiger partial charge is 0.416 e. The van der Waals surface area contributed by atoms with Gasteiger partial charge in [0.15, 0.2) is 11.6 Å². The third-order valence-corrected chi connectivity index (χ3v) is 4.90. The molecule has 4 nitrogen and oxygen atoms in total. The van der Waals surface area contributed by atoms with Gasteiger partial charge in [0.25, 0.3) is 0 Å². The van der Waals surface area contributed by atoms with Crippen LogP contribution in [0.4, 0.5) is 13.2 Å². The molecule has 1 N–H and O–H groups in total. The van der Waals surface area contributed by atoms with Crippen LogP contribution in [0.1, 0.15) is 29.9 Å². The molecule has 142 valence electrons. The van der Waals surface area contributed by atoms with Crippen LogP contribution in [0.25, 0.3) is 0 Å². The fourth-order valence-electron chi connectivity index (χ4n) is 2.77. The van der Waals surface area contributed by atoms with Crippen molar-refractivity contribution in [3.63, 3.8) is 0 Å². The summed E-state index contributed by atoms with van der Waals surface area (Å²) in [5, 5.41) is 2.94. The number of ketones is 2. The van der Waals surface area contributed by atoms with E-state index in [1.807, 2.05) is 19.0 Å². The van der Waals surface area contributed by atoms with Crippen molar-refractivity contribution in [1.29, 1.82) is 0 Å². The van der Waals surface area contributed by atoms with Gasteiger partial charge in [-0.2, -0.15) is 13.2 Å². The van der Waals surface area contributed by atoms with E-state index in [9.17, 15) is 22.8 Å². The number of hydrogen-bond acceptors (Lipinski definition) is 4. The number of hydrogen-bond donors (Lipinski definition) is 1. The Labute approximate surface area is 158 Å². The van der Waals surface area contributed by atoms with Crippen LogP contribution >= 0.6 is 15.9 Å².